The highest BCUT2D eigenvalue weighted by atomic mass is 19.4. The van der Waals surface area contributed by atoms with Crippen LogP contribution in [0.15, 0.2) is 134 Å². The van der Waals surface area contributed by atoms with Crippen LogP contribution in [0.1, 0.15) is 96.4 Å². The first-order valence-electron chi connectivity index (χ1n) is 33.1. The molecule has 4 aliphatic rings. The van der Waals surface area contributed by atoms with Crippen LogP contribution in [0.5, 0.6) is 0 Å². The molecule has 2 aromatic heterocycles. The van der Waals surface area contributed by atoms with Crippen LogP contribution in [0.3, 0.4) is 0 Å². The summed E-state index contributed by atoms with van der Waals surface area (Å²) in [7, 11) is 12.6. The van der Waals surface area contributed by atoms with E-state index in [0.717, 1.165) is 94.9 Å². The fourth-order valence-corrected chi connectivity index (χ4v) is 11.7. The van der Waals surface area contributed by atoms with E-state index < -0.39 is 47.0 Å². The van der Waals surface area contributed by atoms with Crippen molar-refractivity contribution >= 4 is 0 Å². The number of aromatic nitrogens is 3. The largest absolute Gasteiger partial charge is 0.417 e. The summed E-state index contributed by atoms with van der Waals surface area (Å²) >= 11 is 0. The summed E-state index contributed by atoms with van der Waals surface area (Å²) in [6.07, 6.45) is -9.44. The van der Waals surface area contributed by atoms with E-state index in [9.17, 15) is 52.7 Å². The molecule has 0 spiro atoms. The topological polar surface area (TPSA) is 56.6 Å². The minimum atomic E-state index is -4.32. The molecule has 23 heteroatoms. The van der Waals surface area contributed by atoms with Crippen molar-refractivity contribution in [3.05, 3.63) is 218 Å². The first-order chi connectivity index (χ1) is 45.9. The lowest BCUT2D eigenvalue weighted by Gasteiger charge is -2.32. The maximum absolute atomic E-state index is 13.1. The third kappa shape index (κ3) is 27.1. The fraction of sp³-hybridized carbons (Fsp3) is 0.493. The number of likely N-dealkylation sites (N-methyl/N-ethyl adjacent to an activating group) is 4. The van der Waals surface area contributed by atoms with Crippen LogP contribution in [-0.4, -0.2) is 187 Å². The molecule has 4 saturated heterocycles. The Morgan fingerprint density at radius 1 is 0.398 bits per heavy atom. The van der Waals surface area contributed by atoms with Crippen LogP contribution in [0.25, 0.3) is 5.69 Å². The van der Waals surface area contributed by atoms with Gasteiger partial charge in [0.25, 0.3) is 0 Å². The normalized spacial score (nSPS) is 17.8. The van der Waals surface area contributed by atoms with Crippen molar-refractivity contribution in [1.82, 2.24) is 53.7 Å². The van der Waals surface area contributed by atoms with E-state index in [2.05, 4.69) is 133 Å². The predicted octanol–water partition coefficient (Wildman–Crippen LogP) is 15.7. The molecule has 98 heavy (non-hydrogen) atoms. The molecule has 0 aliphatic carbocycles. The van der Waals surface area contributed by atoms with Crippen molar-refractivity contribution in [3.8, 4) is 5.69 Å². The number of nitrogens with zero attached hydrogens (tertiary/aromatic N) is 11. The zero-order valence-corrected chi connectivity index (χ0v) is 59.0. The van der Waals surface area contributed by atoms with Crippen molar-refractivity contribution in [1.29, 1.82) is 0 Å². The van der Waals surface area contributed by atoms with E-state index in [4.69, 9.17) is 0 Å². The number of likely N-dealkylation sites (tertiary alicyclic amines) is 2. The average molecular weight is 1380 g/mol. The van der Waals surface area contributed by atoms with Crippen LogP contribution in [0.2, 0.25) is 0 Å². The van der Waals surface area contributed by atoms with E-state index in [1.807, 2.05) is 21.1 Å². The number of halogens is 12. The smallest absolute Gasteiger partial charge is 0.306 e. The molecule has 2 unspecified atom stereocenters. The van der Waals surface area contributed by atoms with Crippen LogP contribution >= 0.6 is 0 Å². The molecule has 7 aromatic rings. The standard InChI is InChI=1S/C15H21F3N2.C14H19F3N2.C14H22N2.C13H20N2.C12H11F3N2.C7H6F3N/c1-11-4-5-12(14(8-11)15(16,17)18)9-20-7-6-13(10-20)19(2)3;1-11-3-4-12(13(9-11)14(15,16)17)10-19-7-5-18(2)6-8-19;1-12-4-6-13(7-5-12)10-16-9-8-14(11-16)15(2)3;1-12-3-5-13(6-4-12)11-15-9-7-14(2)8-10-15;1-8-3-10(12(13,14)15)5-11(4-8)17-6-9(2)16-7-17;1-5-2-6(4-11-3-5)7(8,9)10/h4-5,8,13H,6-7,9-10H2,1-3H3;3-4,9H,5-8,10H2,1-2H3;4-7,14H,8-11H2,1-3H3;3-6H,7-11H2,1-2H3;3-7H,1-2H3;2-4H,1H3. The Bertz CT molecular complexity index is 3510. The van der Waals surface area contributed by atoms with Gasteiger partial charge in [0.05, 0.1) is 34.3 Å². The van der Waals surface area contributed by atoms with Crippen LogP contribution in [0, 0.1) is 48.5 Å². The third-order valence-electron chi connectivity index (χ3n) is 17.7. The Morgan fingerprint density at radius 3 is 1.17 bits per heavy atom. The second kappa shape index (κ2) is 36.6. The van der Waals surface area contributed by atoms with Crippen molar-refractivity contribution in [3.63, 3.8) is 0 Å². The minimum absolute atomic E-state index is 0.374. The first kappa shape index (κ1) is 80.3. The monoisotopic (exact) mass is 1380 g/mol. The number of hydrogen-bond acceptors (Lipinski definition) is 10. The molecule has 5 aromatic carbocycles. The summed E-state index contributed by atoms with van der Waals surface area (Å²) in [6, 6.07) is 33.2. The average Bonchev–Trinajstić information content (AvgIpc) is 1.43. The van der Waals surface area contributed by atoms with Gasteiger partial charge < -0.3 is 24.2 Å². The molecule has 4 fully saturated rings. The summed E-state index contributed by atoms with van der Waals surface area (Å²) in [6.45, 7) is 28.0. The van der Waals surface area contributed by atoms with Crippen molar-refractivity contribution < 1.29 is 52.7 Å². The van der Waals surface area contributed by atoms with E-state index in [1.54, 1.807) is 75.7 Å². The number of rotatable bonds is 11. The highest BCUT2D eigenvalue weighted by Gasteiger charge is 2.37. The Hall–Kier alpha value is -6.70. The highest BCUT2D eigenvalue weighted by molar-refractivity contribution is 5.41. The van der Waals surface area contributed by atoms with E-state index in [-0.39, 0.29) is 0 Å². The second-order valence-electron chi connectivity index (χ2n) is 27.0. The molecule has 0 N–H and O–H groups in total. The van der Waals surface area contributed by atoms with Crippen molar-refractivity contribution in [2.24, 2.45) is 0 Å². The predicted molar refractivity (Wildman–Crippen MR) is 367 cm³/mol. The lowest BCUT2D eigenvalue weighted by Crippen LogP contribution is -2.44. The first-order valence-corrected chi connectivity index (χ1v) is 33.1. The van der Waals surface area contributed by atoms with Crippen LogP contribution in [0.4, 0.5) is 52.7 Å². The molecule has 0 radical (unpaired) electrons. The van der Waals surface area contributed by atoms with Crippen LogP contribution < -0.4 is 0 Å². The molecular weight excluding hydrogens is 1280 g/mol. The van der Waals surface area contributed by atoms with Gasteiger partial charge in [-0.3, -0.25) is 24.6 Å². The number of hydrogen-bond donors (Lipinski definition) is 0. The van der Waals surface area contributed by atoms with Gasteiger partial charge in [0.15, 0.2) is 0 Å². The van der Waals surface area contributed by atoms with E-state index in [0.29, 0.717) is 58.2 Å². The molecular formula is C75H99F12N11. The van der Waals surface area contributed by atoms with E-state index >= 15 is 0 Å². The zero-order chi connectivity index (χ0) is 72.3. The molecule has 6 heterocycles. The van der Waals surface area contributed by atoms with E-state index in [1.165, 1.54) is 92.6 Å². The van der Waals surface area contributed by atoms with Gasteiger partial charge in [-0.15, -0.1) is 0 Å². The Morgan fingerprint density at radius 2 is 0.796 bits per heavy atom. The van der Waals surface area contributed by atoms with Crippen LogP contribution in [-0.2, 0) is 50.9 Å². The molecule has 0 saturated carbocycles. The third-order valence-corrected chi connectivity index (χ3v) is 17.7. The van der Waals surface area contributed by atoms with Gasteiger partial charge in [-0.05, 0) is 173 Å². The molecule has 0 bridgehead atoms. The van der Waals surface area contributed by atoms with Gasteiger partial charge in [-0.25, -0.2) is 4.98 Å². The maximum Gasteiger partial charge on any atom is 0.417 e. The molecule has 11 rings (SSSR count). The van der Waals surface area contributed by atoms with Gasteiger partial charge in [-0.1, -0.05) is 95.1 Å². The zero-order valence-electron chi connectivity index (χ0n) is 59.0. The number of pyridine rings is 1. The van der Waals surface area contributed by atoms with Gasteiger partial charge in [-0.2, -0.15) is 52.7 Å². The number of alkyl halides is 12. The molecule has 11 nitrogen and oxygen atoms in total. The maximum atomic E-state index is 13.1. The molecule has 0 amide bonds. The quantitative estimate of drug-likeness (QED) is 0.117. The number of piperazine rings is 2. The molecule has 538 valence electrons. The number of imidazole rings is 1. The summed E-state index contributed by atoms with van der Waals surface area (Å²) in [5, 5.41) is 0. The lowest BCUT2D eigenvalue weighted by atomic mass is 10.0. The summed E-state index contributed by atoms with van der Waals surface area (Å²) in [5.74, 6) is 0. The Labute approximate surface area is 572 Å². The van der Waals surface area contributed by atoms with Gasteiger partial charge in [0.2, 0.25) is 0 Å². The van der Waals surface area contributed by atoms with Crippen molar-refractivity contribution in [2.45, 2.75) is 124 Å². The molecule has 2 atom stereocenters. The number of benzene rings is 5. The molecule has 4 aliphatic heterocycles. The Balaban J connectivity index is 0.000000187. The summed E-state index contributed by atoms with van der Waals surface area (Å²) in [4.78, 5) is 25.8. The van der Waals surface area contributed by atoms with Gasteiger partial charge in [0.1, 0.15) is 0 Å². The minimum Gasteiger partial charge on any atom is -0.306 e. The summed E-state index contributed by atoms with van der Waals surface area (Å²) in [5.41, 5.74) is 7.60. The number of aryl methyl sites for hydroxylation is 7. The fourth-order valence-electron chi connectivity index (χ4n) is 11.7. The van der Waals surface area contributed by atoms with Gasteiger partial charge in [0, 0.05) is 141 Å². The SMILES string of the molecule is Cc1cc(-n2cnc(C)c2)cc(C(F)(F)F)c1.Cc1ccc(CN2CCC(N(C)C)C2)c(C(F)(F)F)c1.Cc1ccc(CN2CCC(N(C)C)C2)cc1.Cc1ccc(CN2CCN(C)CC2)c(C(F)(F)F)c1.Cc1ccc(CN2CCN(C)CC2)cc1.Cc1cncc(C(F)(F)F)c1. The van der Waals surface area contributed by atoms with Gasteiger partial charge >= 0.3 is 24.7 Å². The summed E-state index contributed by atoms with van der Waals surface area (Å²) < 4.78 is 154. The van der Waals surface area contributed by atoms with Crippen molar-refractivity contribution in [2.75, 3.05) is 121 Å². The second-order valence-corrected chi connectivity index (χ2v) is 27.0. The highest BCUT2D eigenvalue weighted by Crippen LogP contribution is 2.36. The Kier molecular flexibility index (Phi) is 30.0. The lowest BCUT2D eigenvalue weighted by molar-refractivity contribution is -0.139.